The first-order chi connectivity index (χ1) is 10.3. The highest BCUT2D eigenvalue weighted by molar-refractivity contribution is 7.11. The topological polar surface area (TPSA) is 63.7 Å². The number of carbonyl (C=O) groups excluding carboxylic acids is 1. The van der Waals surface area contributed by atoms with Crippen LogP contribution in [-0.2, 0) is 16.0 Å². The summed E-state index contributed by atoms with van der Waals surface area (Å²) in [5.41, 5.74) is -0.481. The molecule has 1 saturated heterocycles. The highest BCUT2D eigenvalue weighted by Gasteiger charge is 2.37. The van der Waals surface area contributed by atoms with Crippen LogP contribution in [0, 0.1) is 6.92 Å². The smallest absolute Gasteiger partial charge is 0.410 e. The molecule has 1 N–H and O–H groups in total. The van der Waals surface area contributed by atoms with Crippen molar-refractivity contribution in [3.63, 3.8) is 0 Å². The van der Waals surface area contributed by atoms with Crippen LogP contribution in [0.1, 0.15) is 30.7 Å². The van der Waals surface area contributed by atoms with E-state index in [1.807, 2.05) is 33.9 Å². The minimum Gasteiger partial charge on any atom is -0.444 e. The number of amides is 1. The lowest BCUT2D eigenvalue weighted by atomic mass is 10.2. The number of ether oxygens (including phenoxy) is 2. The molecule has 124 valence electrons. The summed E-state index contributed by atoms with van der Waals surface area (Å²) < 4.78 is 10.9. The van der Waals surface area contributed by atoms with E-state index in [1.165, 1.54) is 4.88 Å². The molecule has 0 aromatic carbocycles. The zero-order valence-electron chi connectivity index (χ0n) is 13.9. The number of hydrogen-bond donors (Lipinski definition) is 1. The van der Waals surface area contributed by atoms with Gasteiger partial charge in [-0.05, 0) is 27.7 Å². The Balaban J connectivity index is 1.90. The van der Waals surface area contributed by atoms with Crippen molar-refractivity contribution in [1.82, 2.24) is 15.2 Å². The third kappa shape index (κ3) is 4.66. The number of hydrogen-bond acceptors (Lipinski definition) is 6. The summed E-state index contributed by atoms with van der Waals surface area (Å²) in [7, 11) is 1.68. The molecule has 1 unspecified atom stereocenters. The van der Waals surface area contributed by atoms with Crippen LogP contribution in [0.3, 0.4) is 0 Å². The average Bonchev–Trinajstić information content (AvgIpc) is 3.00. The molecule has 0 bridgehead atoms. The van der Waals surface area contributed by atoms with Gasteiger partial charge >= 0.3 is 6.09 Å². The predicted octanol–water partition coefficient (Wildman–Crippen LogP) is 2.18. The maximum absolute atomic E-state index is 12.2. The van der Waals surface area contributed by atoms with Gasteiger partial charge in [-0.2, -0.15) is 0 Å². The fourth-order valence-corrected chi connectivity index (χ4v) is 3.15. The highest BCUT2D eigenvalue weighted by atomic mass is 32.1. The van der Waals surface area contributed by atoms with Crippen LogP contribution in [0.25, 0.3) is 0 Å². The molecule has 1 aromatic heterocycles. The fourth-order valence-electron chi connectivity index (χ4n) is 2.40. The Kier molecular flexibility index (Phi) is 5.41. The molecule has 0 saturated carbocycles. The number of likely N-dealkylation sites (tertiary alicyclic amines) is 1. The van der Waals surface area contributed by atoms with Crippen molar-refractivity contribution in [2.75, 3.05) is 20.2 Å². The third-order valence-electron chi connectivity index (χ3n) is 3.43. The van der Waals surface area contributed by atoms with E-state index in [0.717, 1.165) is 11.6 Å². The first kappa shape index (κ1) is 17.2. The quantitative estimate of drug-likeness (QED) is 0.918. The molecule has 6 nitrogen and oxygen atoms in total. The highest BCUT2D eigenvalue weighted by Crippen LogP contribution is 2.19. The second-order valence-corrected chi connectivity index (χ2v) is 7.81. The van der Waals surface area contributed by atoms with Gasteiger partial charge in [0.15, 0.2) is 0 Å². The molecule has 2 atom stereocenters. The Hall–Kier alpha value is -1.18. The Morgan fingerprint density at radius 2 is 2.23 bits per heavy atom. The van der Waals surface area contributed by atoms with Gasteiger partial charge < -0.3 is 19.7 Å². The standard InChI is InChI=1S/C15H25N3O3S/c1-10-16-6-11(22-10)7-17-12-8-18(9-13(12)20-5)14(19)21-15(2,3)4/h6,12-13,17H,7-9H2,1-5H3/t12?,13-/m0/s1. The van der Waals surface area contributed by atoms with E-state index in [-0.39, 0.29) is 18.2 Å². The van der Waals surface area contributed by atoms with Crippen molar-refractivity contribution >= 4 is 17.4 Å². The van der Waals surface area contributed by atoms with Crippen LogP contribution in [0.15, 0.2) is 6.20 Å². The Labute approximate surface area is 135 Å². The Bertz CT molecular complexity index is 512. The summed E-state index contributed by atoms with van der Waals surface area (Å²) in [6.07, 6.45) is 1.57. The molecule has 2 rings (SSSR count). The van der Waals surface area contributed by atoms with Crippen LogP contribution in [0.4, 0.5) is 4.79 Å². The van der Waals surface area contributed by atoms with Crippen molar-refractivity contribution in [1.29, 1.82) is 0 Å². The van der Waals surface area contributed by atoms with E-state index < -0.39 is 5.60 Å². The minimum absolute atomic E-state index is 0.0264. The van der Waals surface area contributed by atoms with Gasteiger partial charge in [0.1, 0.15) is 5.60 Å². The van der Waals surface area contributed by atoms with Gasteiger partial charge in [-0.1, -0.05) is 0 Å². The van der Waals surface area contributed by atoms with Crippen LogP contribution < -0.4 is 5.32 Å². The average molecular weight is 327 g/mol. The maximum Gasteiger partial charge on any atom is 0.410 e. The molecule has 1 aliphatic heterocycles. The van der Waals surface area contributed by atoms with Crippen LogP contribution in [0.5, 0.6) is 0 Å². The second-order valence-electron chi connectivity index (χ2n) is 6.49. The van der Waals surface area contributed by atoms with Gasteiger partial charge in [0.2, 0.25) is 0 Å². The monoisotopic (exact) mass is 327 g/mol. The van der Waals surface area contributed by atoms with E-state index in [4.69, 9.17) is 9.47 Å². The third-order valence-corrected chi connectivity index (χ3v) is 4.34. The number of methoxy groups -OCH3 is 1. The summed E-state index contributed by atoms with van der Waals surface area (Å²) in [5, 5.41) is 4.51. The van der Waals surface area contributed by atoms with E-state index >= 15 is 0 Å². The SMILES string of the molecule is CO[C@H]1CN(C(=O)OC(C)(C)C)CC1NCc1cnc(C)s1. The maximum atomic E-state index is 12.2. The lowest BCUT2D eigenvalue weighted by Crippen LogP contribution is -2.40. The number of nitrogens with one attached hydrogen (secondary N) is 1. The fraction of sp³-hybridized carbons (Fsp3) is 0.733. The lowest BCUT2D eigenvalue weighted by molar-refractivity contribution is 0.0252. The van der Waals surface area contributed by atoms with Gasteiger partial charge in [0, 0.05) is 31.3 Å². The van der Waals surface area contributed by atoms with Crippen molar-refractivity contribution in [3.05, 3.63) is 16.1 Å². The van der Waals surface area contributed by atoms with Crippen molar-refractivity contribution in [3.8, 4) is 0 Å². The number of thiazole rings is 1. The molecule has 7 heteroatoms. The molecular weight excluding hydrogens is 302 g/mol. The molecule has 22 heavy (non-hydrogen) atoms. The van der Waals surface area contributed by atoms with E-state index in [1.54, 1.807) is 23.3 Å². The molecule has 1 fully saturated rings. The number of rotatable bonds is 4. The van der Waals surface area contributed by atoms with Gasteiger partial charge in [-0.25, -0.2) is 9.78 Å². The summed E-state index contributed by atoms with van der Waals surface area (Å²) in [4.78, 5) is 19.3. The Morgan fingerprint density at radius 3 is 2.77 bits per heavy atom. The molecule has 1 amide bonds. The van der Waals surface area contributed by atoms with Crippen molar-refractivity contribution in [2.24, 2.45) is 0 Å². The first-order valence-corrected chi connectivity index (χ1v) is 8.25. The molecule has 0 radical (unpaired) electrons. The van der Waals surface area contributed by atoms with E-state index in [9.17, 15) is 4.79 Å². The van der Waals surface area contributed by atoms with Crippen molar-refractivity contribution < 1.29 is 14.3 Å². The van der Waals surface area contributed by atoms with Gasteiger partial charge in [-0.3, -0.25) is 0 Å². The summed E-state index contributed by atoms with van der Waals surface area (Å²) in [6.45, 7) is 9.48. The van der Waals surface area contributed by atoms with Crippen LogP contribution >= 0.6 is 11.3 Å². The molecule has 2 heterocycles. The number of carbonyl (C=O) groups is 1. The normalized spacial score (nSPS) is 22.1. The zero-order chi connectivity index (χ0) is 16.3. The summed E-state index contributed by atoms with van der Waals surface area (Å²) >= 11 is 1.68. The second kappa shape index (κ2) is 6.93. The Morgan fingerprint density at radius 1 is 1.50 bits per heavy atom. The van der Waals surface area contributed by atoms with E-state index in [2.05, 4.69) is 10.3 Å². The molecular formula is C15H25N3O3S. The largest absolute Gasteiger partial charge is 0.444 e. The number of aromatic nitrogens is 1. The minimum atomic E-state index is -0.481. The summed E-state index contributed by atoms with van der Waals surface area (Å²) in [5.74, 6) is 0. The first-order valence-electron chi connectivity index (χ1n) is 7.44. The molecule has 0 aliphatic carbocycles. The lowest BCUT2D eigenvalue weighted by Gasteiger charge is -2.24. The molecule has 1 aliphatic rings. The van der Waals surface area contributed by atoms with Crippen LogP contribution in [-0.4, -0.2) is 53.9 Å². The number of nitrogens with zero attached hydrogens (tertiary/aromatic N) is 2. The molecule has 0 spiro atoms. The van der Waals surface area contributed by atoms with Crippen molar-refractivity contribution in [2.45, 2.75) is 52.0 Å². The van der Waals surface area contributed by atoms with Gasteiger partial charge in [-0.15, -0.1) is 11.3 Å². The zero-order valence-corrected chi connectivity index (χ0v) is 14.7. The van der Waals surface area contributed by atoms with Gasteiger partial charge in [0.25, 0.3) is 0 Å². The van der Waals surface area contributed by atoms with Crippen LogP contribution in [0.2, 0.25) is 0 Å². The summed E-state index contributed by atoms with van der Waals surface area (Å²) in [6, 6.07) is 0.0972. The number of aryl methyl sites for hydroxylation is 1. The van der Waals surface area contributed by atoms with Gasteiger partial charge in [0.05, 0.1) is 23.7 Å². The predicted molar refractivity (Wildman–Crippen MR) is 86.1 cm³/mol. The molecule has 1 aromatic rings. The van der Waals surface area contributed by atoms with E-state index in [0.29, 0.717) is 13.1 Å².